The molecule has 3 nitrogen and oxygen atoms in total. The lowest BCUT2D eigenvalue weighted by Gasteiger charge is -2.12. The van der Waals surface area contributed by atoms with Crippen LogP contribution >= 0.6 is 35.0 Å². The van der Waals surface area contributed by atoms with Crippen molar-refractivity contribution in [3.63, 3.8) is 0 Å². The molecule has 19 heavy (non-hydrogen) atoms. The third kappa shape index (κ3) is 6.04. The zero-order valence-electron chi connectivity index (χ0n) is 10.8. The average Bonchev–Trinajstić information content (AvgIpc) is 2.38. The van der Waals surface area contributed by atoms with Gasteiger partial charge < -0.3 is 11.1 Å². The summed E-state index contributed by atoms with van der Waals surface area (Å²) in [6.45, 7) is 0.521. The minimum atomic E-state index is -0.437. The van der Waals surface area contributed by atoms with E-state index in [1.165, 1.54) is 0 Å². The molecule has 1 aromatic carbocycles. The van der Waals surface area contributed by atoms with E-state index in [2.05, 4.69) is 5.32 Å². The highest BCUT2D eigenvalue weighted by Gasteiger charge is 2.12. The number of nitrogens with one attached hydrogen (secondary N) is 1. The van der Waals surface area contributed by atoms with Gasteiger partial charge in [-0.05, 0) is 42.5 Å². The molecular weight excluding hydrogens is 303 g/mol. The van der Waals surface area contributed by atoms with Gasteiger partial charge in [-0.15, -0.1) is 0 Å². The van der Waals surface area contributed by atoms with E-state index >= 15 is 0 Å². The van der Waals surface area contributed by atoms with E-state index in [4.69, 9.17) is 28.9 Å². The fourth-order valence-electron chi connectivity index (χ4n) is 1.55. The van der Waals surface area contributed by atoms with Crippen LogP contribution in [0.3, 0.4) is 0 Å². The molecule has 0 aliphatic carbocycles. The van der Waals surface area contributed by atoms with Crippen LogP contribution < -0.4 is 11.1 Å². The summed E-state index contributed by atoms with van der Waals surface area (Å²) in [6.07, 6.45) is 3.35. The van der Waals surface area contributed by atoms with Crippen molar-refractivity contribution < 1.29 is 4.79 Å². The molecule has 0 spiro atoms. The number of hydrogen-bond donors (Lipinski definition) is 2. The fraction of sp³-hybridized carbons (Fsp3) is 0.462. The fourth-order valence-corrected chi connectivity index (χ4v) is 2.54. The molecule has 1 atom stereocenters. The number of thioether (sulfide) groups is 1. The maximum Gasteiger partial charge on any atom is 0.236 e. The van der Waals surface area contributed by atoms with Gasteiger partial charge in [0.1, 0.15) is 0 Å². The topological polar surface area (TPSA) is 55.1 Å². The highest BCUT2D eigenvalue weighted by Crippen LogP contribution is 2.20. The lowest BCUT2D eigenvalue weighted by atomic mass is 10.1. The summed E-state index contributed by atoms with van der Waals surface area (Å²) in [4.78, 5) is 11.7. The van der Waals surface area contributed by atoms with E-state index in [-0.39, 0.29) is 5.91 Å². The molecule has 106 valence electrons. The second-order valence-electron chi connectivity index (χ2n) is 4.16. The Labute approximate surface area is 128 Å². The molecule has 0 radical (unpaired) electrons. The van der Waals surface area contributed by atoms with Crippen molar-refractivity contribution in [3.05, 3.63) is 33.8 Å². The maximum atomic E-state index is 11.7. The Morgan fingerprint density at radius 2 is 2.21 bits per heavy atom. The molecule has 0 saturated heterocycles. The number of halogens is 2. The average molecular weight is 321 g/mol. The van der Waals surface area contributed by atoms with Crippen molar-refractivity contribution in [2.45, 2.75) is 18.9 Å². The molecule has 1 aromatic rings. The van der Waals surface area contributed by atoms with Gasteiger partial charge in [-0.1, -0.05) is 29.3 Å². The van der Waals surface area contributed by atoms with Crippen molar-refractivity contribution in [1.29, 1.82) is 0 Å². The van der Waals surface area contributed by atoms with E-state index in [0.29, 0.717) is 29.4 Å². The molecule has 0 heterocycles. The smallest absolute Gasteiger partial charge is 0.236 e. The van der Waals surface area contributed by atoms with Crippen molar-refractivity contribution >= 4 is 40.9 Å². The van der Waals surface area contributed by atoms with Gasteiger partial charge in [-0.2, -0.15) is 11.8 Å². The van der Waals surface area contributed by atoms with Crippen LogP contribution in [0.25, 0.3) is 0 Å². The van der Waals surface area contributed by atoms with E-state index in [9.17, 15) is 4.79 Å². The summed E-state index contributed by atoms with van der Waals surface area (Å²) in [7, 11) is 0. The molecule has 0 aliphatic rings. The van der Waals surface area contributed by atoms with Gasteiger partial charge in [0.2, 0.25) is 5.91 Å². The molecule has 0 unspecified atom stereocenters. The molecule has 3 N–H and O–H groups in total. The molecule has 0 bridgehead atoms. The first-order valence-electron chi connectivity index (χ1n) is 6.00. The minimum Gasteiger partial charge on any atom is -0.354 e. The summed E-state index contributed by atoms with van der Waals surface area (Å²) in [6, 6.07) is 4.91. The van der Waals surface area contributed by atoms with Crippen LogP contribution in [0.1, 0.15) is 12.0 Å². The maximum absolute atomic E-state index is 11.7. The molecule has 1 amide bonds. The third-order valence-electron chi connectivity index (χ3n) is 2.68. The SMILES string of the molecule is CSCC[C@H](N)C(=O)NCCc1ccc(Cl)cc1Cl. The summed E-state index contributed by atoms with van der Waals surface area (Å²) >= 11 is 13.6. The summed E-state index contributed by atoms with van der Waals surface area (Å²) in [5.74, 6) is 0.775. The Bertz CT molecular complexity index is 429. The minimum absolute atomic E-state index is 0.112. The highest BCUT2D eigenvalue weighted by molar-refractivity contribution is 7.98. The molecule has 6 heteroatoms. The number of carbonyl (C=O) groups is 1. The quantitative estimate of drug-likeness (QED) is 0.812. The Balaban J connectivity index is 2.35. The van der Waals surface area contributed by atoms with Crippen molar-refractivity contribution in [3.8, 4) is 0 Å². The van der Waals surface area contributed by atoms with Crippen molar-refractivity contribution in [2.75, 3.05) is 18.6 Å². The van der Waals surface area contributed by atoms with Crippen LogP contribution in [-0.4, -0.2) is 30.5 Å². The molecule has 1 rings (SSSR count). The Morgan fingerprint density at radius 1 is 1.47 bits per heavy atom. The van der Waals surface area contributed by atoms with Gasteiger partial charge in [0.05, 0.1) is 6.04 Å². The largest absolute Gasteiger partial charge is 0.354 e. The molecule has 0 fully saturated rings. The van der Waals surface area contributed by atoms with Crippen LogP contribution in [0.5, 0.6) is 0 Å². The van der Waals surface area contributed by atoms with Gasteiger partial charge in [0, 0.05) is 16.6 Å². The third-order valence-corrected chi connectivity index (χ3v) is 3.91. The van der Waals surface area contributed by atoms with Gasteiger partial charge in [-0.3, -0.25) is 4.79 Å². The number of rotatable bonds is 7. The molecule has 0 aromatic heterocycles. The lowest BCUT2D eigenvalue weighted by molar-refractivity contribution is -0.122. The second kappa shape index (κ2) is 8.69. The highest BCUT2D eigenvalue weighted by atomic mass is 35.5. The number of benzene rings is 1. The van der Waals surface area contributed by atoms with Gasteiger partial charge in [-0.25, -0.2) is 0 Å². The lowest BCUT2D eigenvalue weighted by Crippen LogP contribution is -2.41. The first-order valence-corrected chi connectivity index (χ1v) is 8.15. The van der Waals surface area contributed by atoms with E-state index < -0.39 is 6.04 Å². The van der Waals surface area contributed by atoms with Crippen molar-refractivity contribution in [1.82, 2.24) is 5.32 Å². The molecule has 0 aliphatic heterocycles. The van der Waals surface area contributed by atoms with Gasteiger partial charge in [0.15, 0.2) is 0 Å². The zero-order chi connectivity index (χ0) is 14.3. The van der Waals surface area contributed by atoms with E-state index in [0.717, 1.165) is 11.3 Å². The number of nitrogens with two attached hydrogens (primary N) is 1. The summed E-state index contributed by atoms with van der Waals surface area (Å²) < 4.78 is 0. The predicted molar refractivity (Wildman–Crippen MR) is 84.2 cm³/mol. The number of amides is 1. The van der Waals surface area contributed by atoms with Crippen molar-refractivity contribution in [2.24, 2.45) is 5.73 Å². The van der Waals surface area contributed by atoms with Crippen LogP contribution in [-0.2, 0) is 11.2 Å². The molecule has 0 saturated carbocycles. The first kappa shape index (κ1) is 16.6. The predicted octanol–water partition coefficient (Wildman–Crippen LogP) is 2.73. The van der Waals surface area contributed by atoms with E-state index in [1.54, 1.807) is 23.9 Å². The summed E-state index contributed by atoms with van der Waals surface area (Å²) in [5, 5.41) is 4.04. The van der Waals surface area contributed by atoms with Gasteiger partial charge >= 0.3 is 0 Å². The normalized spacial score (nSPS) is 12.2. The number of carbonyl (C=O) groups excluding carboxylic acids is 1. The van der Waals surface area contributed by atoms with Gasteiger partial charge in [0.25, 0.3) is 0 Å². The Hall–Kier alpha value is -0.420. The van der Waals surface area contributed by atoms with Crippen LogP contribution in [0.15, 0.2) is 18.2 Å². The summed E-state index contributed by atoms with van der Waals surface area (Å²) in [5.41, 5.74) is 6.73. The monoisotopic (exact) mass is 320 g/mol. The Kier molecular flexibility index (Phi) is 7.61. The van der Waals surface area contributed by atoms with E-state index in [1.807, 2.05) is 12.3 Å². The van der Waals surface area contributed by atoms with Crippen LogP contribution in [0, 0.1) is 0 Å². The van der Waals surface area contributed by atoms with Crippen LogP contribution in [0.4, 0.5) is 0 Å². The number of hydrogen-bond acceptors (Lipinski definition) is 3. The Morgan fingerprint density at radius 3 is 2.84 bits per heavy atom. The van der Waals surface area contributed by atoms with Crippen LogP contribution in [0.2, 0.25) is 10.0 Å². The zero-order valence-corrected chi connectivity index (χ0v) is 13.1. The first-order chi connectivity index (χ1) is 9.04. The molecular formula is C13H18Cl2N2OS. The standard InChI is InChI=1S/C13H18Cl2N2OS/c1-19-7-5-12(16)13(18)17-6-4-9-2-3-10(14)8-11(9)15/h2-3,8,12H,4-7,16H2,1H3,(H,17,18)/t12-/m0/s1. The second-order valence-corrected chi connectivity index (χ2v) is 5.99.